The molecule has 0 atom stereocenters. The number of aromatic nitrogens is 1. The van der Waals surface area contributed by atoms with Crippen LogP contribution in [0.15, 0.2) is 42.6 Å². The molecule has 0 saturated carbocycles. The Hall–Kier alpha value is -2.23. The molecule has 0 radical (unpaired) electrons. The second-order valence-corrected chi connectivity index (χ2v) is 4.49. The van der Waals surface area contributed by atoms with Crippen molar-refractivity contribution in [1.82, 2.24) is 4.57 Å². The van der Waals surface area contributed by atoms with Crippen molar-refractivity contribution < 1.29 is 4.79 Å². The SMILES string of the molecule is CCCn1cccc1CNc1ccc(C(N)=O)cc1. The van der Waals surface area contributed by atoms with Crippen LogP contribution in [-0.2, 0) is 13.1 Å². The number of benzene rings is 1. The van der Waals surface area contributed by atoms with E-state index in [1.54, 1.807) is 12.1 Å². The zero-order valence-corrected chi connectivity index (χ0v) is 11.1. The van der Waals surface area contributed by atoms with Crippen LogP contribution in [0.1, 0.15) is 29.4 Å². The summed E-state index contributed by atoms with van der Waals surface area (Å²) in [6.45, 7) is 3.97. The van der Waals surface area contributed by atoms with E-state index in [1.165, 1.54) is 5.69 Å². The molecular weight excluding hydrogens is 238 g/mol. The molecule has 4 heteroatoms. The molecule has 2 rings (SSSR count). The second kappa shape index (κ2) is 6.09. The summed E-state index contributed by atoms with van der Waals surface area (Å²) >= 11 is 0. The zero-order chi connectivity index (χ0) is 13.7. The van der Waals surface area contributed by atoms with Crippen LogP contribution < -0.4 is 11.1 Å². The van der Waals surface area contributed by atoms with E-state index in [2.05, 4.69) is 35.1 Å². The molecule has 0 aliphatic carbocycles. The number of aryl methyl sites for hydroxylation is 1. The van der Waals surface area contributed by atoms with Gasteiger partial charge in [-0.25, -0.2) is 0 Å². The van der Waals surface area contributed by atoms with Gasteiger partial charge in [-0.15, -0.1) is 0 Å². The van der Waals surface area contributed by atoms with Gasteiger partial charge >= 0.3 is 0 Å². The number of nitrogens with two attached hydrogens (primary N) is 1. The van der Waals surface area contributed by atoms with Crippen LogP contribution in [0.4, 0.5) is 5.69 Å². The lowest BCUT2D eigenvalue weighted by molar-refractivity contribution is 0.100. The molecule has 1 aromatic heterocycles. The highest BCUT2D eigenvalue weighted by Gasteiger charge is 2.02. The fourth-order valence-electron chi connectivity index (χ4n) is 2.01. The first kappa shape index (κ1) is 13.2. The van der Waals surface area contributed by atoms with Crippen molar-refractivity contribution in [3.8, 4) is 0 Å². The van der Waals surface area contributed by atoms with Crippen molar-refractivity contribution in [2.45, 2.75) is 26.4 Å². The molecule has 19 heavy (non-hydrogen) atoms. The van der Waals surface area contributed by atoms with E-state index in [0.29, 0.717) is 5.56 Å². The molecule has 3 N–H and O–H groups in total. The third-order valence-corrected chi connectivity index (χ3v) is 3.03. The van der Waals surface area contributed by atoms with Gasteiger partial charge in [0.05, 0.1) is 6.54 Å². The highest BCUT2D eigenvalue weighted by Crippen LogP contribution is 2.12. The first-order valence-corrected chi connectivity index (χ1v) is 6.48. The Labute approximate surface area is 113 Å². The third-order valence-electron chi connectivity index (χ3n) is 3.03. The van der Waals surface area contributed by atoms with Gasteiger partial charge in [0, 0.05) is 29.7 Å². The van der Waals surface area contributed by atoms with Crippen LogP contribution in [0.3, 0.4) is 0 Å². The summed E-state index contributed by atoms with van der Waals surface area (Å²) in [4.78, 5) is 11.0. The summed E-state index contributed by atoms with van der Waals surface area (Å²) in [5, 5.41) is 3.34. The van der Waals surface area contributed by atoms with Gasteiger partial charge in [-0.2, -0.15) is 0 Å². The average Bonchev–Trinajstić information content (AvgIpc) is 2.85. The van der Waals surface area contributed by atoms with E-state index in [1.807, 2.05) is 12.1 Å². The van der Waals surface area contributed by atoms with Crippen molar-refractivity contribution >= 4 is 11.6 Å². The molecule has 0 aliphatic heterocycles. The van der Waals surface area contributed by atoms with Gasteiger partial charge in [0.1, 0.15) is 0 Å². The van der Waals surface area contributed by atoms with Gasteiger partial charge in [-0.3, -0.25) is 4.79 Å². The number of hydrogen-bond donors (Lipinski definition) is 2. The molecule has 1 aromatic carbocycles. The normalized spacial score (nSPS) is 10.4. The van der Waals surface area contributed by atoms with E-state index in [4.69, 9.17) is 5.73 Å². The predicted octanol–water partition coefficient (Wildman–Crippen LogP) is 2.61. The van der Waals surface area contributed by atoms with Crippen LogP contribution in [0.25, 0.3) is 0 Å². The number of anilines is 1. The van der Waals surface area contributed by atoms with Crippen LogP contribution >= 0.6 is 0 Å². The Morgan fingerprint density at radius 1 is 1.26 bits per heavy atom. The number of nitrogens with zero attached hydrogens (tertiary/aromatic N) is 1. The van der Waals surface area contributed by atoms with Crippen LogP contribution in [0, 0.1) is 0 Å². The van der Waals surface area contributed by atoms with Gasteiger partial charge in [0.15, 0.2) is 0 Å². The quantitative estimate of drug-likeness (QED) is 0.835. The summed E-state index contributed by atoms with van der Waals surface area (Å²) in [7, 11) is 0. The van der Waals surface area contributed by atoms with Crippen LogP contribution in [0.2, 0.25) is 0 Å². The van der Waals surface area contributed by atoms with E-state index < -0.39 is 5.91 Å². The minimum Gasteiger partial charge on any atom is -0.379 e. The summed E-state index contributed by atoms with van der Waals surface area (Å²) in [5.41, 5.74) is 7.96. The molecule has 1 amide bonds. The lowest BCUT2D eigenvalue weighted by Crippen LogP contribution is -2.11. The smallest absolute Gasteiger partial charge is 0.248 e. The molecule has 0 spiro atoms. The van der Waals surface area contributed by atoms with Gasteiger partial charge in [-0.1, -0.05) is 6.92 Å². The van der Waals surface area contributed by atoms with E-state index in [-0.39, 0.29) is 0 Å². The Balaban J connectivity index is 1.98. The van der Waals surface area contributed by atoms with Crippen molar-refractivity contribution in [3.05, 3.63) is 53.9 Å². The summed E-state index contributed by atoms with van der Waals surface area (Å²) in [5.74, 6) is -0.400. The van der Waals surface area contributed by atoms with Crippen molar-refractivity contribution in [2.75, 3.05) is 5.32 Å². The largest absolute Gasteiger partial charge is 0.379 e. The Morgan fingerprint density at radius 3 is 2.63 bits per heavy atom. The number of carbonyl (C=O) groups excluding carboxylic acids is 1. The first-order valence-electron chi connectivity index (χ1n) is 6.48. The van der Waals surface area contributed by atoms with Gasteiger partial charge < -0.3 is 15.6 Å². The third kappa shape index (κ3) is 3.37. The molecule has 100 valence electrons. The van der Waals surface area contributed by atoms with Crippen molar-refractivity contribution in [2.24, 2.45) is 5.73 Å². The standard InChI is InChI=1S/C15H19N3O/c1-2-9-18-10-3-4-14(18)11-17-13-7-5-12(6-8-13)15(16)19/h3-8,10,17H,2,9,11H2,1H3,(H2,16,19). The number of hydrogen-bond acceptors (Lipinski definition) is 2. The Morgan fingerprint density at radius 2 is 2.00 bits per heavy atom. The Kier molecular flexibility index (Phi) is 4.23. The number of rotatable bonds is 6. The first-order chi connectivity index (χ1) is 9.20. The lowest BCUT2D eigenvalue weighted by Gasteiger charge is -2.10. The maximum atomic E-state index is 11.0. The topological polar surface area (TPSA) is 60.1 Å². The molecule has 0 unspecified atom stereocenters. The summed E-state index contributed by atoms with van der Waals surface area (Å²) < 4.78 is 2.24. The molecular formula is C15H19N3O. The molecule has 0 bridgehead atoms. The predicted molar refractivity (Wildman–Crippen MR) is 77.0 cm³/mol. The average molecular weight is 257 g/mol. The fourth-order valence-corrected chi connectivity index (χ4v) is 2.01. The Bertz CT molecular complexity index is 543. The number of amides is 1. The highest BCUT2D eigenvalue weighted by molar-refractivity contribution is 5.93. The number of nitrogens with one attached hydrogen (secondary N) is 1. The van der Waals surface area contributed by atoms with Crippen molar-refractivity contribution in [3.63, 3.8) is 0 Å². The minimum atomic E-state index is -0.400. The lowest BCUT2D eigenvalue weighted by atomic mass is 10.2. The monoisotopic (exact) mass is 257 g/mol. The van der Waals surface area contributed by atoms with E-state index >= 15 is 0 Å². The number of primary amides is 1. The minimum absolute atomic E-state index is 0.400. The molecule has 0 aliphatic rings. The molecule has 2 aromatic rings. The number of carbonyl (C=O) groups is 1. The summed E-state index contributed by atoms with van der Waals surface area (Å²) in [6, 6.07) is 11.4. The highest BCUT2D eigenvalue weighted by atomic mass is 16.1. The molecule has 0 fully saturated rings. The van der Waals surface area contributed by atoms with E-state index in [0.717, 1.165) is 25.2 Å². The van der Waals surface area contributed by atoms with Crippen LogP contribution in [-0.4, -0.2) is 10.5 Å². The second-order valence-electron chi connectivity index (χ2n) is 4.49. The van der Waals surface area contributed by atoms with Gasteiger partial charge in [-0.05, 0) is 42.8 Å². The van der Waals surface area contributed by atoms with Gasteiger partial charge in [0.25, 0.3) is 0 Å². The zero-order valence-electron chi connectivity index (χ0n) is 11.1. The maximum absolute atomic E-state index is 11.0. The van der Waals surface area contributed by atoms with E-state index in [9.17, 15) is 4.79 Å². The summed E-state index contributed by atoms with van der Waals surface area (Å²) in [6.07, 6.45) is 3.21. The molecule has 1 heterocycles. The van der Waals surface area contributed by atoms with Crippen LogP contribution in [0.5, 0.6) is 0 Å². The molecule has 4 nitrogen and oxygen atoms in total. The maximum Gasteiger partial charge on any atom is 0.248 e. The molecule has 0 saturated heterocycles. The van der Waals surface area contributed by atoms with Crippen molar-refractivity contribution in [1.29, 1.82) is 0 Å². The van der Waals surface area contributed by atoms with Gasteiger partial charge in [0.2, 0.25) is 5.91 Å². The fraction of sp³-hybridized carbons (Fsp3) is 0.267.